The van der Waals surface area contributed by atoms with E-state index in [1.807, 2.05) is 18.2 Å². The van der Waals surface area contributed by atoms with Crippen LogP contribution in [0.2, 0.25) is 0 Å². The van der Waals surface area contributed by atoms with Gasteiger partial charge in [-0.15, -0.1) is 0 Å². The van der Waals surface area contributed by atoms with Crippen molar-refractivity contribution in [2.45, 2.75) is 19.4 Å². The van der Waals surface area contributed by atoms with Crippen molar-refractivity contribution < 1.29 is 4.74 Å². The Morgan fingerprint density at radius 1 is 1.53 bits per heavy atom. The average Bonchev–Trinajstić information content (AvgIpc) is 2.39. The van der Waals surface area contributed by atoms with E-state index in [2.05, 4.69) is 27.8 Å². The molecule has 0 amide bonds. The minimum atomic E-state index is 0.101. The molecule has 0 spiro atoms. The first kappa shape index (κ1) is 14.3. The maximum absolute atomic E-state index is 7.73. The van der Waals surface area contributed by atoms with Gasteiger partial charge < -0.3 is 15.4 Å². The van der Waals surface area contributed by atoms with Gasteiger partial charge in [-0.05, 0) is 30.5 Å². The summed E-state index contributed by atoms with van der Waals surface area (Å²) in [5.74, 6) is 0.668. The van der Waals surface area contributed by atoms with Crippen LogP contribution in [0.25, 0.3) is 0 Å². The number of amidine groups is 1. The molecule has 0 aliphatic carbocycles. The van der Waals surface area contributed by atoms with Crippen LogP contribution in [-0.4, -0.2) is 32.1 Å². The Labute approximate surface area is 122 Å². The summed E-state index contributed by atoms with van der Waals surface area (Å²) in [6.07, 6.45) is 1.32. The first-order chi connectivity index (χ1) is 9.02. The minimum absolute atomic E-state index is 0.101. The van der Waals surface area contributed by atoms with Crippen molar-refractivity contribution in [1.29, 1.82) is 5.41 Å². The molecule has 1 aliphatic heterocycles. The van der Waals surface area contributed by atoms with E-state index in [0.29, 0.717) is 5.92 Å². The zero-order chi connectivity index (χ0) is 14.0. The molecular weight excluding hydrogens is 306 g/mol. The lowest BCUT2D eigenvalue weighted by Crippen LogP contribution is -2.44. The van der Waals surface area contributed by atoms with Gasteiger partial charge in [-0.25, -0.2) is 0 Å². The molecule has 0 saturated carbocycles. The lowest BCUT2D eigenvalue weighted by molar-refractivity contribution is 0.0498. The number of halogens is 1. The Bertz CT molecular complexity index is 478. The number of hydrogen-bond donors (Lipinski definition) is 2. The highest BCUT2D eigenvalue weighted by atomic mass is 79.9. The second-order valence-electron chi connectivity index (χ2n) is 5.06. The van der Waals surface area contributed by atoms with Crippen LogP contribution in [0, 0.1) is 11.3 Å². The van der Waals surface area contributed by atoms with Crippen molar-refractivity contribution in [1.82, 2.24) is 0 Å². The molecule has 2 rings (SSSR count). The molecule has 0 aromatic heterocycles. The second kappa shape index (κ2) is 5.92. The fraction of sp³-hybridized carbons (Fsp3) is 0.500. The van der Waals surface area contributed by atoms with E-state index >= 15 is 0 Å². The van der Waals surface area contributed by atoms with E-state index < -0.39 is 0 Å². The topological polar surface area (TPSA) is 62.3 Å². The molecular formula is C14H20BrN3O. The molecule has 19 heavy (non-hydrogen) atoms. The zero-order valence-corrected chi connectivity index (χ0v) is 12.9. The van der Waals surface area contributed by atoms with Gasteiger partial charge >= 0.3 is 0 Å². The number of nitrogens with two attached hydrogens (primary N) is 1. The van der Waals surface area contributed by atoms with Crippen molar-refractivity contribution in [3.05, 3.63) is 28.2 Å². The molecule has 2 unspecified atom stereocenters. The summed E-state index contributed by atoms with van der Waals surface area (Å²) in [6, 6.07) is 5.91. The van der Waals surface area contributed by atoms with E-state index in [1.165, 1.54) is 0 Å². The summed E-state index contributed by atoms with van der Waals surface area (Å²) in [6.45, 7) is 4.04. The molecule has 5 heteroatoms. The maximum atomic E-state index is 7.73. The van der Waals surface area contributed by atoms with Crippen LogP contribution >= 0.6 is 15.9 Å². The van der Waals surface area contributed by atoms with Crippen molar-refractivity contribution in [3.63, 3.8) is 0 Å². The molecule has 1 aliphatic rings. The van der Waals surface area contributed by atoms with Crippen LogP contribution in [0.1, 0.15) is 18.9 Å². The Balaban J connectivity index is 2.29. The highest BCUT2D eigenvalue weighted by Gasteiger charge is 2.27. The number of piperidine rings is 1. The molecule has 0 radical (unpaired) electrons. The van der Waals surface area contributed by atoms with Gasteiger partial charge in [0.2, 0.25) is 0 Å². The van der Waals surface area contributed by atoms with Crippen LogP contribution in [0.3, 0.4) is 0 Å². The number of nitrogens with zero attached hydrogens (tertiary/aromatic N) is 1. The molecule has 1 fully saturated rings. The van der Waals surface area contributed by atoms with Crippen LogP contribution in [0.15, 0.2) is 22.7 Å². The van der Waals surface area contributed by atoms with E-state index in [9.17, 15) is 0 Å². The molecule has 1 saturated heterocycles. The summed E-state index contributed by atoms with van der Waals surface area (Å²) in [7, 11) is 1.76. The van der Waals surface area contributed by atoms with Gasteiger partial charge in [0.1, 0.15) is 5.84 Å². The zero-order valence-electron chi connectivity index (χ0n) is 11.3. The van der Waals surface area contributed by atoms with Crippen LogP contribution in [0.4, 0.5) is 5.69 Å². The average molecular weight is 326 g/mol. The van der Waals surface area contributed by atoms with Crippen LogP contribution in [0.5, 0.6) is 0 Å². The fourth-order valence-electron chi connectivity index (χ4n) is 2.56. The van der Waals surface area contributed by atoms with Gasteiger partial charge in [0.25, 0.3) is 0 Å². The molecule has 104 valence electrons. The van der Waals surface area contributed by atoms with Crippen molar-refractivity contribution >= 4 is 27.5 Å². The lowest BCUT2D eigenvalue weighted by Gasteiger charge is -2.38. The third-order valence-corrected chi connectivity index (χ3v) is 4.27. The van der Waals surface area contributed by atoms with Gasteiger partial charge in [0.05, 0.1) is 6.10 Å². The van der Waals surface area contributed by atoms with E-state index in [4.69, 9.17) is 15.9 Å². The largest absolute Gasteiger partial charge is 0.384 e. The molecule has 1 aromatic carbocycles. The van der Waals surface area contributed by atoms with Gasteiger partial charge in [0, 0.05) is 35.9 Å². The smallest absolute Gasteiger partial charge is 0.124 e. The standard InChI is InChI=1S/C14H20BrN3O/c1-9-5-6-18(8-13(9)19-2)12-4-3-10(15)7-11(12)14(16)17/h3-4,7,9,13H,5-6,8H2,1-2H3,(H3,16,17). The number of nitrogens with one attached hydrogen (secondary N) is 1. The van der Waals surface area contributed by atoms with E-state index in [0.717, 1.165) is 35.2 Å². The lowest BCUT2D eigenvalue weighted by atomic mass is 9.95. The predicted molar refractivity (Wildman–Crippen MR) is 81.9 cm³/mol. The van der Waals surface area contributed by atoms with Crippen LogP contribution < -0.4 is 10.6 Å². The quantitative estimate of drug-likeness (QED) is 0.663. The van der Waals surface area contributed by atoms with E-state index in [1.54, 1.807) is 7.11 Å². The third-order valence-electron chi connectivity index (χ3n) is 3.78. The van der Waals surface area contributed by atoms with Crippen molar-refractivity contribution in [2.24, 2.45) is 11.7 Å². The molecule has 0 bridgehead atoms. The number of nitrogen functional groups attached to an aromatic ring is 1. The van der Waals surface area contributed by atoms with Crippen molar-refractivity contribution in [3.8, 4) is 0 Å². The van der Waals surface area contributed by atoms with Crippen molar-refractivity contribution in [2.75, 3.05) is 25.1 Å². The second-order valence-corrected chi connectivity index (χ2v) is 5.98. The summed E-state index contributed by atoms with van der Waals surface area (Å²) >= 11 is 3.43. The Morgan fingerprint density at radius 3 is 2.89 bits per heavy atom. The van der Waals surface area contributed by atoms with Gasteiger partial charge in [-0.1, -0.05) is 22.9 Å². The fourth-order valence-corrected chi connectivity index (χ4v) is 2.92. The number of methoxy groups -OCH3 is 1. The van der Waals surface area contributed by atoms with Gasteiger partial charge in [-0.2, -0.15) is 0 Å². The SMILES string of the molecule is COC1CN(c2ccc(Br)cc2C(=N)N)CCC1C. The van der Waals surface area contributed by atoms with Crippen LogP contribution in [-0.2, 0) is 4.74 Å². The molecule has 4 nitrogen and oxygen atoms in total. The highest BCUT2D eigenvalue weighted by molar-refractivity contribution is 9.10. The predicted octanol–water partition coefficient (Wildman–Crippen LogP) is 2.59. The molecule has 1 aromatic rings. The Kier molecular flexibility index (Phi) is 4.47. The molecule has 3 N–H and O–H groups in total. The molecule has 1 heterocycles. The summed E-state index contributed by atoms with van der Waals surface area (Å²) in [4.78, 5) is 2.26. The van der Waals surface area contributed by atoms with Gasteiger partial charge in [0.15, 0.2) is 0 Å². The summed E-state index contributed by atoms with van der Waals surface area (Å²) in [5, 5.41) is 7.73. The van der Waals surface area contributed by atoms with E-state index in [-0.39, 0.29) is 11.9 Å². The summed E-state index contributed by atoms with van der Waals surface area (Å²) in [5.41, 5.74) is 7.48. The minimum Gasteiger partial charge on any atom is -0.384 e. The maximum Gasteiger partial charge on any atom is 0.124 e. The monoisotopic (exact) mass is 325 g/mol. The third kappa shape index (κ3) is 3.09. The highest BCUT2D eigenvalue weighted by Crippen LogP contribution is 2.29. The first-order valence-electron chi connectivity index (χ1n) is 6.44. The number of anilines is 1. The number of rotatable bonds is 3. The first-order valence-corrected chi connectivity index (χ1v) is 7.24. The Morgan fingerprint density at radius 2 is 2.26 bits per heavy atom. The molecule has 2 atom stereocenters. The van der Waals surface area contributed by atoms with Gasteiger partial charge in [-0.3, -0.25) is 5.41 Å². The number of ether oxygens (including phenoxy) is 1. The Hall–Kier alpha value is -1.07. The normalized spacial score (nSPS) is 23.4. The number of benzene rings is 1. The number of hydrogen-bond acceptors (Lipinski definition) is 3. The summed E-state index contributed by atoms with van der Waals surface area (Å²) < 4.78 is 6.48.